The van der Waals surface area contributed by atoms with Gasteiger partial charge in [-0.3, -0.25) is 9.59 Å². The van der Waals surface area contributed by atoms with Gasteiger partial charge in [-0.2, -0.15) is 0 Å². The number of benzene rings is 2. The van der Waals surface area contributed by atoms with Crippen molar-refractivity contribution >= 4 is 11.9 Å². The third-order valence-corrected chi connectivity index (χ3v) is 5.39. The smallest absolute Gasteiger partial charge is 0.316 e. The Morgan fingerprint density at radius 3 is 1.69 bits per heavy atom. The molecule has 1 N–H and O–H groups in total. The molecule has 0 aromatic heterocycles. The van der Waals surface area contributed by atoms with Crippen LogP contribution in [-0.2, 0) is 32.3 Å². The van der Waals surface area contributed by atoms with Crippen LogP contribution in [0, 0.1) is 10.8 Å². The van der Waals surface area contributed by atoms with Gasteiger partial charge in [0.15, 0.2) is 0 Å². The first kappa shape index (κ1) is 25.6. The molecular formula is C26H34O6. The van der Waals surface area contributed by atoms with Crippen molar-refractivity contribution in [3.63, 3.8) is 0 Å². The third kappa shape index (κ3) is 8.44. The fourth-order valence-electron chi connectivity index (χ4n) is 2.71. The molecule has 6 heteroatoms. The molecule has 0 amide bonds. The highest BCUT2D eigenvalue weighted by Gasteiger charge is 2.29. The Hall–Kier alpha value is -2.70. The summed E-state index contributed by atoms with van der Waals surface area (Å²) in [5, 5.41) is 9.12. The number of hydrogen-bond acceptors (Lipinski definition) is 5. The third-order valence-electron chi connectivity index (χ3n) is 5.39. The first-order chi connectivity index (χ1) is 15.1. The molecule has 2 aromatic carbocycles. The normalized spacial score (nSPS) is 11.9. The Balaban J connectivity index is 1.67. The maximum Gasteiger partial charge on any atom is 0.316 e. The molecule has 0 unspecified atom stereocenters. The molecule has 32 heavy (non-hydrogen) atoms. The molecule has 0 bridgehead atoms. The van der Waals surface area contributed by atoms with Gasteiger partial charge in [-0.05, 0) is 63.8 Å². The van der Waals surface area contributed by atoms with Crippen molar-refractivity contribution in [2.75, 3.05) is 13.2 Å². The standard InChI is InChI=1S/C26H34O6/c1-25(2,23(27)28)14-16-30-18-20-10-12-21(13-11-20)19-31-17-15-26(3,4)24(29)32-22-8-6-5-7-9-22/h5-13H,14-19H2,1-4H3,(H,27,28). The van der Waals surface area contributed by atoms with Crippen LogP contribution >= 0.6 is 0 Å². The zero-order valence-electron chi connectivity index (χ0n) is 19.4. The van der Waals surface area contributed by atoms with Gasteiger partial charge < -0.3 is 19.3 Å². The summed E-state index contributed by atoms with van der Waals surface area (Å²) in [5.74, 6) is -0.550. The molecule has 0 saturated carbocycles. The van der Waals surface area contributed by atoms with Gasteiger partial charge in [-0.25, -0.2) is 0 Å². The number of rotatable bonds is 13. The van der Waals surface area contributed by atoms with Crippen LogP contribution in [0.25, 0.3) is 0 Å². The van der Waals surface area contributed by atoms with E-state index in [9.17, 15) is 9.59 Å². The van der Waals surface area contributed by atoms with Gasteiger partial charge in [0.05, 0.1) is 24.0 Å². The molecule has 2 aromatic rings. The molecule has 0 heterocycles. The summed E-state index contributed by atoms with van der Waals surface area (Å²) >= 11 is 0. The van der Waals surface area contributed by atoms with E-state index in [1.54, 1.807) is 26.0 Å². The zero-order valence-corrected chi connectivity index (χ0v) is 19.4. The second-order valence-electron chi connectivity index (χ2n) is 9.20. The van der Waals surface area contributed by atoms with E-state index >= 15 is 0 Å². The molecule has 0 fully saturated rings. The predicted molar refractivity (Wildman–Crippen MR) is 122 cm³/mol. The van der Waals surface area contributed by atoms with Gasteiger partial charge in [-0.15, -0.1) is 0 Å². The fraction of sp³-hybridized carbons (Fsp3) is 0.462. The minimum absolute atomic E-state index is 0.275. The quantitative estimate of drug-likeness (QED) is 0.259. The van der Waals surface area contributed by atoms with Crippen molar-refractivity contribution in [3.8, 4) is 5.75 Å². The fourth-order valence-corrected chi connectivity index (χ4v) is 2.71. The molecular weight excluding hydrogens is 408 g/mol. The highest BCUT2D eigenvalue weighted by molar-refractivity contribution is 5.78. The van der Waals surface area contributed by atoms with E-state index in [4.69, 9.17) is 19.3 Å². The number of carboxylic acid groups (broad SMARTS) is 1. The van der Waals surface area contributed by atoms with Gasteiger partial charge in [0.1, 0.15) is 5.75 Å². The van der Waals surface area contributed by atoms with Crippen LogP contribution in [0.4, 0.5) is 0 Å². The summed E-state index contributed by atoms with van der Waals surface area (Å²) in [4.78, 5) is 23.5. The van der Waals surface area contributed by atoms with E-state index in [-0.39, 0.29) is 5.97 Å². The lowest BCUT2D eigenvalue weighted by Crippen LogP contribution is -2.30. The Morgan fingerprint density at radius 2 is 1.22 bits per heavy atom. The Labute approximate surface area is 190 Å². The van der Waals surface area contributed by atoms with E-state index in [0.29, 0.717) is 45.0 Å². The number of hydrogen-bond donors (Lipinski definition) is 1. The highest BCUT2D eigenvalue weighted by Crippen LogP contribution is 2.24. The second-order valence-corrected chi connectivity index (χ2v) is 9.20. The summed E-state index contributed by atoms with van der Waals surface area (Å²) in [6.07, 6.45) is 1.01. The van der Waals surface area contributed by atoms with Crippen molar-refractivity contribution in [2.24, 2.45) is 10.8 Å². The lowest BCUT2D eigenvalue weighted by molar-refractivity contribution is -0.148. The van der Waals surface area contributed by atoms with Gasteiger partial charge in [0.2, 0.25) is 0 Å². The number of ether oxygens (including phenoxy) is 3. The van der Waals surface area contributed by atoms with E-state index in [1.807, 2.05) is 56.3 Å². The van der Waals surface area contributed by atoms with Crippen molar-refractivity contribution in [3.05, 3.63) is 65.7 Å². The van der Waals surface area contributed by atoms with Gasteiger partial charge >= 0.3 is 11.9 Å². The summed E-state index contributed by atoms with van der Waals surface area (Å²) in [5.41, 5.74) is 0.623. The molecule has 174 valence electrons. The van der Waals surface area contributed by atoms with Crippen LogP contribution in [0.1, 0.15) is 51.7 Å². The van der Waals surface area contributed by atoms with Gasteiger partial charge in [-0.1, -0.05) is 42.5 Å². The summed E-state index contributed by atoms with van der Waals surface area (Å²) < 4.78 is 16.8. The molecule has 0 spiro atoms. The summed E-state index contributed by atoms with van der Waals surface area (Å²) in [6, 6.07) is 17.0. The molecule has 0 saturated heterocycles. The molecule has 2 rings (SSSR count). The monoisotopic (exact) mass is 442 g/mol. The number of carbonyl (C=O) groups is 2. The first-order valence-corrected chi connectivity index (χ1v) is 10.8. The maximum atomic E-state index is 12.4. The highest BCUT2D eigenvalue weighted by atomic mass is 16.5. The minimum atomic E-state index is -0.818. The van der Waals surface area contributed by atoms with Crippen molar-refractivity contribution in [1.82, 2.24) is 0 Å². The number of para-hydroxylation sites is 1. The van der Waals surface area contributed by atoms with Gasteiger partial charge in [0, 0.05) is 13.2 Å². The van der Waals surface area contributed by atoms with E-state index < -0.39 is 16.8 Å². The predicted octanol–water partition coefficient (Wildman–Crippen LogP) is 5.24. The lowest BCUT2D eigenvalue weighted by atomic mass is 9.90. The topological polar surface area (TPSA) is 82.1 Å². The molecule has 0 radical (unpaired) electrons. The minimum Gasteiger partial charge on any atom is -0.481 e. The average molecular weight is 443 g/mol. The van der Waals surface area contributed by atoms with Crippen LogP contribution in [0.2, 0.25) is 0 Å². The van der Waals surface area contributed by atoms with Gasteiger partial charge in [0.25, 0.3) is 0 Å². The number of carboxylic acids is 1. The van der Waals surface area contributed by atoms with Crippen molar-refractivity contribution in [2.45, 2.75) is 53.8 Å². The van der Waals surface area contributed by atoms with E-state index in [2.05, 4.69) is 0 Å². The molecule has 0 aliphatic carbocycles. The Kier molecular flexibility index (Phi) is 9.42. The molecule has 6 nitrogen and oxygen atoms in total. The number of aliphatic carboxylic acids is 1. The molecule has 0 aliphatic heterocycles. The summed E-state index contributed by atoms with van der Waals surface area (Å²) in [6.45, 7) is 8.84. The Bertz CT molecular complexity index is 856. The van der Waals surface area contributed by atoms with Crippen LogP contribution in [0.15, 0.2) is 54.6 Å². The number of carbonyl (C=O) groups excluding carboxylic acids is 1. The van der Waals surface area contributed by atoms with Crippen LogP contribution in [-0.4, -0.2) is 30.3 Å². The van der Waals surface area contributed by atoms with Crippen LogP contribution in [0.3, 0.4) is 0 Å². The van der Waals surface area contributed by atoms with Crippen molar-refractivity contribution < 1.29 is 28.9 Å². The van der Waals surface area contributed by atoms with Crippen LogP contribution in [0.5, 0.6) is 5.75 Å². The van der Waals surface area contributed by atoms with Crippen LogP contribution < -0.4 is 4.74 Å². The van der Waals surface area contributed by atoms with E-state index in [1.165, 1.54) is 0 Å². The SMILES string of the molecule is CC(C)(CCOCc1ccc(COCCC(C)(C)C(=O)Oc2ccccc2)cc1)C(=O)O. The number of esters is 1. The summed E-state index contributed by atoms with van der Waals surface area (Å²) in [7, 11) is 0. The average Bonchev–Trinajstić information content (AvgIpc) is 2.76. The molecule has 0 atom stereocenters. The zero-order chi connectivity index (χ0) is 23.6. The largest absolute Gasteiger partial charge is 0.481 e. The lowest BCUT2D eigenvalue weighted by Gasteiger charge is -2.22. The van der Waals surface area contributed by atoms with Crippen molar-refractivity contribution in [1.29, 1.82) is 0 Å². The Morgan fingerprint density at radius 1 is 0.750 bits per heavy atom. The molecule has 0 aliphatic rings. The van der Waals surface area contributed by atoms with E-state index in [0.717, 1.165) is 11.1 Å². The maximum absolute atomic E-state index is 12.4. The first-order valence-electron chi connectivity index (χ1n) is 10.8. The second kappa shape index (κ2) is 11.8.